The van der Waals surface area contributed by atoms with E-state index in [1.807, 2.05) is 0 Å². The molecule has 0 saturated heterocycles. The fraction of sp³-hybridized carbons (Fsp3) is 0.500. The lowest BCUT2D eigenvalue weighted by Gasteiger charge is -2.07. The molecular weight excluding hydrogens is 352 g/mol. The van der Waals surface area contributed by atoms with Crippen molar-refractivity contribution in [1.82, 2.24) is 15.1 Å². The SMILES string of the molecule is CC(C)COCCCNC(=O)c1nn(-c2ccc(F)c(F)c2)c2c1CCC2. The van der Waals surface area contributed by atoms with Crippen molar-refractivity contribution in [2.45, 2.75) is 39.5 Å². The second-order valence-corrected chi connectivity index (χ2v) is 7.22. The molecule has 0 fully saturated rings. The van der Waals surface area contributed by atoms with Crippen molar-refractivity contribution in [2.24, 2.45) is 5.92 Å². The van der Waals surface area contributed by atoms with Gasteiger partial charge in [-0.1, -0.05) is 13.8 Å². The third-order valence-corrected chi connectivity index (χ3v) is 4.50. The van der Waals surface area contributed by atoms with Gasteiger partial charge in [0.15, 0.2) is 17.3 Å². The quantitative estimate of drug-likeness (QED) is 0.717. The van der Waals surface area contributed by atoms with E-state index >= 15 is 0 Å². The monoisotopic (exact) mass is 377 g/mol. The van der Waals surface area contributed by atoms with Gasteiger partial charge in [0.25, 0.3) is 5.91 Å². The Balaban J connectivity index is 1.68. The first kappa shape index (κ1) is 19.5. The van der Waals surface area contributed by atoms with Crippen molar-refractivity contribution in [1.29, 1.82) is 0 Å². The summed E-state index contributed by atoms with van der Waals surface area (Å²) in [5.41, 5.74) is 2.59. The van der Waals surface area contributed by atoms with Crippen molar-refractivity contribution in [3.63, 3.8) is 0 Å². The molecule has 0 unspecified atom stereocenters. The molecule has 1 aromatic heterocycles. The molecule has 1 aliphatic rings. The Bertz CT molecular complexity index is 818. The van der Waals surface area contributed by atoms with Gasteiger partial charge in [0.05, 0.1) is 5.69 Å². The molecule has 0 bridgehead atoms. The standard InChI is InChI=1S/C20H25F2N3O2/c1-13(2)12-27-10-4-9-23-20(26)19-15-5-3-6-18(15)25(24-19)14-7-8-16(21)17(22)11-14/h7-8,11,13H,3-6,9-10,12H2,1-2H3,(H,23,26). The number of carbonyl (C=O) groups is 1. The topological polar surface area (TPSA) is 56.1 Å². The van der Waals surface area contributed by atoms with Crippen molar-refractivity contribution in [2.75, 3.05) is 19.8 Å². The highest BCUT2D eigenvalue weighted by molar-refractivity contribution is 5.94. The molecule has 5 nitrogen and oxygen atoms in total. The Hall–Kier alpha value is -2.28. The normalized spacial score (nSPS) is 13.2. The van der Waals surface area contributed by atoms with Gasteiger partial charge in [0.2, 0.25) is 0 Å². The zero-order chi connectivity index (χ0) is 19.4. The molecule has 7 heteroatoms. The van der Waals surface area contributed by atoms with Crippen molar-refractivity contribution >= 4 is 5.91 Å². The molecule has 0 radical (unpaired) electrons. The molecule has 1 heterocycles. The number of hydrogen-bond donors (Lipinski definition) is 1. The largest absolute Gasteiger partial charge is 0.381 e. The van der Waals surface area contributed by atoms with Gasteiger partial charge in [-0.3, -0.25) is 4.79 Å². The lowest BCUT2D eigenvalue weighted by Crippen LogP contribution is -2.26. The van der Waals surface area contributed by atoms with Crippen LogP contribution < -0.4 is 5.32 Å². The van der Waals surface area contributed by atoms with Crippen molar-refractivity contribution in [3.05, 3.63) is 46.8 Å². The molecule has 0 aliphatic heterocycles. The Morgan fingerprint density at radius 3 is 2.85 bits per heavy atom. The average molecular weight is 377 g/mol. The van der Waals surface area contributed by atoms with Crippen LogP contribution in [-0.4, -0.2) is 35.4 Å². The Kier molecular flexibility index (Phi) is 6.21. The Morgan fingerprint density at radius 1 is 1.30 bits per heavy atom. The highest BCUT2D eigenvalue weighted by Crippen LogP contribution is 2.28. The maximum atomic E-state index is 13.6. The van der Waals surface area contributed by atoms with Gasteiger partial charge in [-0.2, -0.15) is 5.10 Å². The van der Waals surface area contributed by atoms with E-state index in [0.29, 0.717) is 37.1 Å². The number of aromatic nitrogens is 2. The number of rotatable bonds is 8. The molecule has 1 aromatic carbocycles. The van der Waals surface area contributed by atoms with Gasteiger partial charge in [-0.05, 0) is 43.7 Å². The minimum atomic E-state index is -0.929. The second kappa shape index (κ2) is 8.61. The third-order valence-electron chi connectivity index (χ3n) is 4.50. The fourth-order valence-corrected chi connectivity index (χ4v) is 3.23. The molecule has 0 atom stereocenters. The van der Waals surface area contributed by atoms with Gasteiger partial charge >= 0.3 is 0 Å². The summed E-state index contributed by atoms with van der Waals surface area (Å²) in [6.45, 7) is 5.99. The molecular formula is C20H25F2N3O2. The van der Waals surface area contributed by atoms with E-state index in [-0.39, 0.29) is 5.91 Å². The average Bonchev–Trinajstić information content (AvgIpc) is 3.22. The molecule has 0 saturated carbocycles. The van der Waals surface area contributed by atoms with Crippen LogP contribution in [0.5, 0.6) is 0 Å². The first-order valence-electron chi connectivity index (χ1n) is 9.39. The van der Waals surface area contributed by atoms with E-state index in [9.17, 15) is 13.6 Å². The molecule has 3 rings (SSSR count). The number of nitrogens with one attached hydrogen (secondary N) is 1. The van der Waals surface area contributed by atoms with E-state index in [1.165, 1.54) is 6.07 Å². The van der Waals surface area contributed by atoms with Gasteiger partial charge in [-0.25, -0.2) is 13.5 Å². The Morgan fingerprint density at radius 2 is 2.11 bits per heavy atom. The molecule has 146 valence electrons. The van der Waals surface area contributed by atoms with Crippen molar-refractivity contribution < 1.29 is 18.3 Å². The first-order valence-corrected chi connectivity index (χ1v) is 9.39. The Labute approximate surface area is 157 Å². The first-order chi connectivity index (χ1) is 13.0. The minimum Gasteiger partial charge on any atom is -0.381 e. The molecule has 1 amide bonds. The second-order valence-electron chi connectivity index (χ2n) is 7.22. The molecule has 0 spiro atoms. The van der Waals surface area contributed by atoms with E-state index in [4.69, 9.17) is 4.74 Å². The van der Waals surface area contributed by atoms with Gasteiger partial charge in [0, 0.05) is 37.1 Å². The minimum absolute atomic E-state index is 0.238. The number of ether oxygens (including phenoxy) is 1. The zero-order valence-corrected chi connectivity index (χ0v) is 15.7. The third kappa shape index (κ3) is 4.53. The van der Waals surface area contributed by atoms with Crippen LogP contribution in [0.4, 0.5) is 8.78 Å². The van der Waals surface area contributed by atoms with Crippen LogP contribution in [0.15, 0.2) is 18.2 Å². The summed E-state index contributed by atoms with van der Waals surface area (Å²) in [7, 11) is 0. The van der Waals surface area contributed by atoms with Crippen LogP contribution in [0.1, 0.15) is 48.4 Å². The maximum Gasteiger partial charge on any atom is 0.272 e. The van der Waals surface area contributed by atoms with E-state index < -0.39 is 11.6 Å². The lowest BCUT2D eigenvalue weighted by molar-refractivity contribution is 0.0919. The molecule has 27 heavy (non-hydrogen) atoms. The van der Waals surface area contributed by atoms with Crippen LogP contribution >= 0.6 is 0 Å². The summed E-state index contributed by atoms with van der Waals surface area (Å²) in [6.07, 6.45) is 3.17. The summed E-state index contributed by atoms with van der Waals surface area (Å²) in [6, 6.07) is 3.65. The number of amides is 1. The summed E-state index contributed by atoms with van der Waals surface area (Å²) < 4.78 is 33.9. The molecule has 1 aliphatic carbocycles. The van der Waals surface area contributed by atoms with E-state index in [0.717, 1.165) is 49.1 Å². The van der Waals surface area contributed by atoms with Crippen LogP contribution in [0.2, 0.25) is 0 Å². The highest BCUT2D eigenvalue weighted by Gasteiger charge is 2.27. The number of hydrogen-bond acceptors (Lipinski definition) is 3. The maximum absolute atomic E-state index is 13.6. The summed E-state index contributed by atoms with van der Waals surface area (Å²) >= 11 is 0. The number of fused-ring (bicyclic) bond motifs is 1. The van der Waals surface area contributed by atoms with E-state index in [2.05, 4.69) is 24.3 Å². The smallest absolute Gasteiger partial charge is 0.272 e. The predicted molar refractivity (Wildman–Crippen MR) is 98.1 cm³/mol. The number of benzene rings is 1. The molecule has 2 aromatic rings. The van der Waals surface area contributed by atoms with Crippen LogP contribution in [0.25, 0.3) is 5.69 Å². The fourth-order valence-electron chi connectivity index (χ4n) is 3.23. The highest BCUT2D eigenvalue weighted by atomic mass is 19.2. The van der Waals surface area contributed by atoms with Crippen LogP contribution in [-0.2, 0) is 17.6 Å². The number of carbonyl (C=O) groups excluding carboxylic acids is 1. The number of halogens is 2. The van der Waals surface area contributed by atoms with Crippen LogP contribution in [0, 0.1) is 17.6 Å². The summed E-state index contributed by atoms with van der Waals surface area (Å²) in [5.74, 6) is -1.58. The molecule has 1 N–H and O–H groups in total. The summed E-state index contributed by atoms with van der Waals surface area (Å²) in [4.78, 5) is 12.5. The summed E-state index contributed by atoms with van der Waals surface area (Å²) in [5, 5.41) is 7.27. The van der Waals surface area contributed by atoms with Gasteiger partial charge in [-0.15, -0.1) is 0 Å². The van der Waals surface area contributed by atoms with E-state index in [1.54, 1.807) is 4.68 Å². The van der Waals surface area contributed by atoms with Crippen LogP contribution in [0.3, 0.4) is 0 Å². The number of nitrogens with zero attached hydrogens (tertiary/aromatic N) is 2. The van der Waals surface area contributed by atoms with Gasteiger partial charge in [0.1, 0.15) is 0 Å². The predicted octanol–water partition coefficient (Wildman–Crippen LogP) is 3.43. The lowest BCUT2D eigenvalue weighted by atomic mass is 10.2. The zero-order valence-electron chi connectivity index (χ0n) is 15.7. The van der Waals surface area contributed by atoms with Gasteiger partial charge < -0.3 is 10.1 Å². The van der Waals surface area contributed by atoms with Crippen molar-refractivity contribution in [3.8, 4) is 5.69 Å².